The number of hydrogen-bond donors (Lipinski definition) is 1. The minimum atomic E-state index is -1.00. The lowest BCUT2D eigenvalue weighted by Gasteiger charge is -2.08. The van der Waals surface area contributed by atoms with Gasteiger partial charge >= 0.3 is 11.9 Å². The van der Waals surface area contributed by atoms with Crippen molar-refractivity contribution in [3.63, 3.8) is 0 Å². The first-order valence-corrected chi connectivity index (χ1v) is 6.32. The first-order chi connectivity index (χ1) is 9.95. The van der Waals surface area contributed by atoms with Gasteiger partial charge in [-0.15, -0.1) is 0 Å². The van der Waals surface area contributed by atoms with Gasteiger partial charge in [0.1, 0.15) is 17.2 Å². The Kier molecular flexibility index (Phi) is 4.45. The summed E-state index contributed by atoms with van der Waals surface area (Å²) in [5, 5.41) is 9.05. The van der Waals surface area contributed by atoms with Gasteiger partial charge in [-0.3, -0.25) is 4.79 Å². The molecule has 21 heavy (non-hydrogen) atoms. The van der Waals surface area contributed by atoms with Gasteiger partial charge in [0.25, 0.3) is 0 Å². The summed E-state index contributed by atoms with van der Waals surface area (Å²) in [6, 6.07) is 10.6. The molecule has 0 saturated heterocycles. The average molecular weight is 307 g/mol. The van der Waals surface area contributed by atoms with Crippen molar-refractivity contribution in [1.82, 2.24) is 0 Å². The number of halogens is 1. The van der Waals surface area contributed by atoms with Crippen molar-refractivity contribution in [3.05, 3.63) is 53.1 Å². The first kappa shape index (κ1) is 14.9. The molecule has 0 atom stereocenters. The second-order valence-electron chi connectivity index (χ2n) is 4.12. The molecule has 0 aromatic heterocycles. The standard InChI is InChI=1S/C15H11ClO5/c1-9(17)20-14-7-6-12(8-13(14)16)21-11-4-2-10(3-5-11)15(18)19/h2-8H,1H3,(H,18,19). The maximum Gasteiger partial charge on any atom is 0.335 e. The van der Waals surface area contributed by atoms with Crippen LogP contribution in [0.25, 0.3) is 0 Å². The second kappa shape index (κ2) is 6.28. The van der Waals surface area contributed by atoms with Gasteiger partial charge < -0.3 is 14.6 Å². The van der Waals surface area contributed by atoms with Gasteiger partial charge in [0.05, 0.1) is 10.6 Å². The summed E-state index contributed by atoms with van der Waals surface area (Å²) in [7, 11) is 0. The van der Waals surface area contributed by atoms with Crippen LogP contribution in [0.2, 0.25) is 5.02 Å². The largest absolute Gasteiger partial charge is 0.478 e. The number of aromatic carboxylic acids is 1. The monoisotopic (exact) mass is 306 g/mol. The van der Waals surface area contributed by atoms with Crippen molar-refractivity contribution in [1.29, 1.82) is 0 Å². The molecule has 0 aliphatic heterocycles. The lowest BCUT2D eigenvalue weighted by molar-refractivity contribution is -0.131. The summed E-state index contributed by atoms with van der Waals surface area (Å²) in [6.07, 6.45) is 0. The minimum absolute atomic E-state index is 0.172. The lowest BCUT2D eigenvalue weighted by atomic mass is 10.2. The predicted octanol–water partition coefficient (Wildman–Crippen LogP) is 3.76. The molecule has 0 saturated carbocycles. The fourth-order valence-electron chi connectivity index (χ4n) is 1.58. The maximum absolute atomic E-state index is 10.9. The number of hydrogen-bond acceptors (Lipinski definition) is 4. The molecule has 2 rings (SSSR count). The molecular formula is C15H11ClO5. The summed E-state index contributed by atoms with van der Waals surface area (Å²) in [5.41, 5.74) is 0.172. The highest BCUT2D eigenvalue weighted by Gasteiger charge is 2.07. The molecular weight excluding hydrogens is 296 g/mol. The fourth-order valence-corrected chi connectivity index (χ4v) is 1.79. The van der Waals surface area contributed by atoms with E-state index in [9.17, 15) is 9.59 Å². The Hall–Kier alpha value is -2.53. The highest BCUT2D eigenvalue weighted by atomic mass is 35.5. The van der Waals surface area contributed by atoms with Crippen LogP contribution in [0.3, 0.4) is 0 Å². The van der Waals surface area contributed by atoms with Crippen molar-refractivity contribution >= 4 is 23.5 Å². The summed E-state index contributed by atoms with van der Waals surface area (Å²) in [6.45, 7) is 1.28. The van der Waals surface area contributed by atoms with Crippen molar-refractivity contribution in [2.45, 2.75) is 6.92 Å². The highest BCUT2D eigenvalue weighted by molar-refractivity contribution is 6.32. The Morgan fingerprint density at radius 1 is 1.05 bits per heavy atom. The van der Waals surface area contributed by atoms with E-state index in [-0.39, 0.29) is 16.3 Å². The molecule has 0 radical (unpaired) electrons. The fraction of sp³-hybridized carbons (Fsp3) is 0.0667. The number of ether oxygens (including phenoxy) is 2. The number of benzene rings is 2. The third kappa shape index (κ3) is 3.97. The molecule has 0 spiro atoms. The maximum atomic E-state index is 10.9. The Morgan fingerprint density at radius 2 is 1.67 bits per heavy atom. The molecule has 5 nitrogen and oxygen atoms in total. The van der Waals surface area contributed by atoms with Crippen LogP contribution in [-0.4, -0.2) is 17.0 Å². The Balaban J connectivity index is 2.14. The Bertz CT molecular complexity index is 679. The van der Waals surface area contributed by atoms with E-state index in [4.69, 9.17) is 26.2 Å². The highest BCUT2D eigenvalue weighted by Crippen LogP contribution is 2.31. The molecule has 2 aromatic rings. The van der Waals surface area contributed by atoms with E-state index in [1.54, 1.807) is 6.07 Å². The SMILES string of the molecule is CC(=O)Oc1ccc(Oc2ccc(C(=O)O)cc2)cc1Cl. The van der Waals surface area contributed by atoms with Crippen LogP contribution in [0.4, 0.5) is 0 Å². The predicted molar refractivity (Wildman–Crippen MR) is 76.2 cm³/mol. The van der Waals surface area contributed by atoms with Crippen LogP contribution in [0, 0.1) is 0 Å². The van der Waals surface area contributed by atoms with E-state index in [0.29, 0.717) is 11.5 Å². The van der Waals surface area contributed by atoms with Crippen LogP contribution in [0.5, 0.6) is 17.2 Å². The zero-order valence-corrected chi connectivity index (χ0v) is 11.8. The Labute approximate surface area is 125 Å². The molecule has 0 fully saturated rings. The van der Waals surface area contributed by atoms with Crippen LogP contribution in [0.1, 0.15) is 17.3 Å². The Morgan fingerprint density at radius 3 is 2.19 bits per heavy atom. The smallest absolute Gasteiger partial charge is 0.335 e. The van der Waals surface area contributed by atoms with Crippen LogP contribution in [-0.2, 0) is 4.79 Å². The molecule has 0 heterocycles. The van der Waals surface area contributed by atoms with Crippen LogP contribution >= 0.6 is 11.6 Å². The van der Waals surface area contributed by atoms with Gasteiger partial charge in [0, 0.05) is 13.0 Å². The number of carboxylic acids is 1. The van der Waals surface area contributed by atoms with Gasteiger partial charge in [0.2, 0.25) is 0 Å². The summed E-state index contributed by atoms with van der Waals surface area (Å²) in [5.74, 6) is -0.307. The van der Waals surface area contributed by atoms with Crippen LogP contribution < -0.4 is 9.47 Å². The molecule has 108 valence electrons. The average Bonchev–Trinajstić information content (AvgIpc) is 2.42. The number of carbonyl (C=O) groups is 2. The van der Waals surface area contributed by atoms with E-state index in [0.717, 1.165) is 0 Å². The zero-order chi connectivity index (χ0) is 15.4. The molecule has 0 aliphatic rings. The molecule has 6 heteroatoms. The quantitative estimate of drug-likeness (QED) is 0.688. The third-order valence-corrected chi connectivity index (χ3v) is 2.79. The lowest BCUT2D eigenvalue weighted by Crippen LogP contribution is -2.01. The zero-order valence-electron chi connectivity index (χ0n) is 11.0. The number of carbonyl (C=O) groups excluding carboxylic acids is 1. The number of carboxylic acid groups (broad SMARTS) is 1. The van der Waals surface area contributed by atoms with Crippen molar-refractivity contribution < 1.29 is 24.2 Å². The van der Waals surface area contributed by atoms with Crippen molar-refractivity contribution in [3.8, 4) is 17.2 Å². The van der Waals surface area contributed by atoms with E-state index in [1.165, 1.54) is 43.3 Å². The number of rotatable bonds is 4. The third-order valence-electron chi connectivity index (χ3n) is 2.49. The first-order valence-electron chi connectivity index (χ1n) is 5.95. The van der Waals surface area contributed by atoms with Gasteiger partial charge in [-0.2, -0.15) is 0 Å². The van der Waals surface area contributed by atoms with E-state index >= 15 is 0 Å². The second-order valence-corrected chi connectivity index (χ2v) is 4.52. The van der Waals surface area contributed by atoms with Crippen molar-refractivity contribution in [2.24, 2.45) is 0 Å². The molecule has 2 aromatic carbocycles. The molecule has 0 aliphatic carbocycles. The molecule has 0 amide bonds. The molecule has 0 unspecified atom stereocenters. The topological polar surface area (TPSA) is 72.8 Å². The minimum Gasteiger partial charge on any atom is -0.478 e. The van der Waals surface area contributed by atoms with Crippen LogP contribution in [0.15, 0.2) is 42.5 Å². The van der Waals surface area contributed by atoms with E-state index < -0.39 is 11.9 Å². The number of esters is 1. The van der Waals surface area contributed by atoms with Gasteiger partial charge in [0.15, 0.2) is 0 Å². The van der Waals surface area contributed by atoms with Crippen molar-refractivity contribution in [2.75, 3.05) is 0 Å². The van der Waals surface area contributed by atoms with Gasteiger partial charge in [-0.25, -0.2) is 4.79 Å². The summed E-state index contributed by atoms with van der Waals surface area (Å²) in [4.78, 5) is 21.6. The summed E-state index contributed by atoms with van der Waals surface area (Å²) < 4.78 is 10.4. The van der Waals surface area contributed by atoms with Gasteiger partial charge in [-0.05, 0) is 36.4 Å². The molecule has 1 N–H and O–H groups in total. The van der Waals surface area contributed by atoms with E-state index in [1.807, 2.05) is 0 Å². The molecule has 0 bridgehead atoms. The van der Waals surface area contributed by atoms with Gasteiger partial charge in [-0.1, -0.05) is 11.6 Å². The normalized spacial score (nSPS) is 10.0. The van der Waals surface area contributed by atoms with E-state index in [2.05, 4.69) is 0 Å². The summed E-state index contributed by atoms with van der Waals surface area (Å²) >= 11 is 5.97.